The van der Waals surface area contributed by atoms with Gasteiger partial charge < -0.3 is 5.32 Å². The van der Waals surface area contributed by atoms with Crippen molar-refractivity contribution in [3.8, 4) is 0 Å². The van der Waals surface area contributed by atoms with Gasteiger partial charge in [-0.2, -0.15) is 0 Å². The Labute approximate surface area is 128 Å². The van der Waals surface area contributed by atoms with Crippen LogP contribution in [0.3, 0.4) is 0 Å². The van der Waals surface area contributed by atoms with Crippen LogP contribution >= 0.6 is 0 Å². The lowest BCUT2D eigenvalue weighted by Crippen LogP contribution is -2.43. The molecule has 0 radical (unpaired) electrons. The molecule has 0 aliphatic heterocycles. The quantitative estimate of drug-likeness (QED) is 0.813. The van der Waals surface area contributed by atoms with Gasteiger partial charge in [-0.1, -0.05) is 32.9 Å². The second-order valence-electron chi connectivity index (χ2n) is 5.97. The Balaban J connectivity index is 2.22. The Morgan fingerprint density at radius 3 is 2.52 bits per heavy atom. The third-order valence-electron chi connectivity index (χ3n) is 4.08. The van der Waals surface area contributed by atoms with Crippen molar-refractivity contribution in [2.45, 2.75) is 57.5 Å². The minimum atomic E-state index is -3.41. The second kappa shape index (κ2) is 6.90. The number of aryl methyl sites for hydroxylation is 1. The zero-order valence-corrected chi connectivity index (χ0v) is 14.0. The van der Waals surface area contributed by atoms with Crippen molar-refractivity contribution in [2.75, 3.05) is 6.54 Å². The topological polar surface area (TPSA) is 58.2 Å². The summed E-state index contributed by atoms with van der Waals surface area (Å²) in [5, 5.41) is 3.23. The van der Waals surface area contributed by atoms with Gasteiger partial charge in [0.2, 0.25) is 10.0 Å². The van der Waals surface area contributed by atoms with E-state index in [0.29, 0.717) is 17.4 Å². The van der Waals surface area contributed by atoms with Crippen molar-refractivity contribution in [1.29, 1.82) is 0 Å². The highest BCUT2D eigenvalue weighted by atomic mass is 32.2. The summed E-state index contributed by atoms with van der Waals surface area (Å²) < 4.78 is 28.1. The van der Waals surface area contributed by atoms with Gasteiger partial charge in [-0.15, -0.1) is 0 Å². The highest BCUT2D eigenvalue weighted by molar-refractivity contribution is 7.89. The maximum absolute atomic E-state index is 12.6. The van der Waals surface area contributed by atoms with Crippen molar-refractivity contribution in [3.63, 3.8) is 0 Å². The molecule has 0 aromatic heterocycles. The predicted molar refractivity (Wildman–Crippen MR) is 85.7 cm³/mol. The van der Waals surface area contributed by atoms with Crippen LogP contribution in [-0.2, 0) is 23.0 Å². The monoisotopic (exact) mass is 310 g/mol. The van der Waals surface area contributed by atoms with Crippen LogP contribution in [0.15, 0.2) is 23.1 Å². The fraction of sp³-hybridized carbons (Fsp3) is 0.625. The van der Waals surface area contributed by atoms with Gasteiger partial charge in [0.05, 0.1) is 4.90 Å². The van der Waals surface area contributed by atoms with Gasteiger partial charge in [-0.3, -0.25) is 0 Å². The van der Waals surface area contributed by atoms with Gasteiger partial charge >= 0.3 is 0 Å². The zero-order chi connectivity index (χ0) is 15.5. The highest BCUT2D eigenvalue weighted by Crippen LogP contribution is 2.28. The average molecular weight is 310 g/mol. The Morgan fingerprint density at radius 1 is 1.24 bits per heavy atom. The number of hydrogen-bond donors (Lipinski definition) is 2. The van der Waals surface area contributed by atoms with Crippen LogP contribution in [0.5, 0.6) is 0 Å². The lowest BCUT2D eigenvalue weighted by Gasteiger charge is -2.33. The molecule has 4 nitrogen and oxygen atoms in total. The van der Waals surface area contributed by atoms with Gasteiger partial charge in [-0.05, 0) is 48.9 Å². The minimum absolute atomic E-state index is 0.104. The summed E-state index contributed by atoms with van der Waals surface area (Å²) in [5.74, 6) is 0.628. The molecule has 2 N–H and O–H groups in total. The van der Waals surface area contributed by atoms with Gasteiger partial charge in [-0.25, -0.2) is 13.1 Å². The standard InChI is InChI=1S/C16H26N2O2S/c1-4-14-7-6-13(11-17-5-2)10-16(14)21(19,20)18-15-8-12(3)9-15/h6-7,10,12,15,17-18H,4-5,8-9,11H2,1-3H3. The van der Waals surface area contributed by atoms with Gasteiger partial charge in [0, 0.05) is 12.6 Å². The van der Waals surface area contributed by atoms with Crippen LogP contribution < -0.4 is 10.0 Å². The van der Waals surface area contributed by atoms with E-state index in [-0.39, 0.29) is 6.04 Å². The summed E-state index contributed by atoms with van der Waals surface area (Å²) in [6, 6.07) is 5.86. The molecule has 118 valence electrons. The first-order chi connectivity index (χ1) is 9.96. The fourth-order valence-corrected chi connectivity index (χ4v) is 4.42. The first-order valence-electron chi connectivity index (χ1n) is 7.81. The zero-order valence-electron chi connectivity index (χ0n) is 13.1. The minimum Gasteiger partial charge on any atom is -0.313 e. The number of nitrogens with one attached hydrogen (secondary N) is 2. The van der Waals surface area contributed by atoms with Crippen LogP contribution in [-0.4, -0.2) is 21.0 Å². The van der Waals surface area contributed by atoms with Crippen molar-refractivity contribution in [3.05, 3.63) is 29.3 Å². The molecule has 0 unspecified atom stereocenters. The summed E-state index contributed by atoms with van der Waals surface area (Å²) in [6.45, 7) is 7.75. The number of rotatable bonds is 7. The number of hydrogen-bond acceptors (Lipinski definition) is 3. The molecular weight excluding hydrogens is 284 g/mol. The van der Waals surface area contributed by atoms with Crippen LogP contribution in [0.4, 0.5) is 0 Å². The molecule has 0 bridgehead atoms. The van der Waals surface area contributed by atoms with E-state index in [9.17, 15) is 8.42 Å². The van der Waals surface area contributed by atoms with Crippen molar-refractivity contribution < 1.29 is 8.42 Å². The number of sulfonamides is 1. The van der Waals surface area contributed by atoms with Crippen molar-refractivity contribution in [2.24, 2.45) is 5.92 Å². The Hall–Kier alpha value is -0.910. The molecule has 1 fully saturated rings. The Kier molecular flexibility index (Phi) is 5.41. The van der Waals surface area contributed by atoms with Crippen LogP contribution in [0.2, 0.25) is 0 Å². The lowest BCUT2D eigenvalue weighted by molar-refractivity contribution is 0.270. The largest absolute Gasteiger partial charge is 0.313 e. The molecule has 0 atom stereocenters. The normalized spacial score (nSPS) is 22.0. The third kappa shape index (κ3) is 4.05. The second-order valence-corrected chi connectivity index (χ2v) is 7.65. The first-order valence-corrected chi connectivity index (χ1v) is 9.29. The summed E-state index contributed by atoms with van der Waals surface area (Å²) in [4.78, 5) is 0.444. The van der Waals surface area contributed by atoms with Crippen LogP contribution in [0.25, 0.3) is 0 Å². The fourth-order valence-electron chi connectivity index (χ4n) is 2.80. The molecule has 0 amide bonds. The van der Waals surface area contributed by atoms with Crippen molar-refractivity contribution >= 4 is 10.0 Å². The van der Waals surface area contributed by atoms with Gasteiger partial charge in [0.15, 0.2) is 0 Å². The molecular formula is C16H26N2O2S. The molecule has 0 heterocycles. The third-order valence-corrected chi connectivity index (χ3v) is 5.68. The van der Waals surface area contributed by atoms with Crippen LogP contribution in [0.1, 0.15) is 44.7 Å². The van der Waals surface area contributed by atoms with Crippen LogP contribution in [0, 0.1) is 5.92 Å². The summed E-state index contributed by atoms with van der Waals surface area (Å²) in [5.41, 5.74) is 1.89. The lowest BCUT2D eigenvalue weighted by atomic mass is 9.83. The molecule has 0 saturated heterocycles. The van der Waals surface area contributed by atoms with E-state index in [1.165, 1.54) is 0 Å². The molecule has 1 aromatic carbocycles. The summed E-state index contributed by atoms with van der Waals surface area (Å²) in [6.07, 6.45) is 2.61. The number of benzene rings is 1. The van der Waals surface area contributed by atoms with E-state index >= 15 is 0 Å². The highest BCUT2D eigenvalue weighted by Gasteiger charge is 2.30. The van der Waals surface area contributed by atoms with E-state index in [0.717, 1.165) is 36.9 Å². The Bertz CT molecular complexity index is 578. The maximum atomic E-state index is 12.6. The molecule has 2 rings (SSSR count). The van der Waals surface area contributed by atoms with Gasteiger partial charge in [0.1, 0.15) is 0 Å². The molecule has 1 saturated carbocycles. The first kappa shape index (κ1) is 16.5. The summed E-state index contributed by atoms with van der Waals surface area (Å²) >= 11 is 0. The molecule has 1 aliphatic rings. The molecule has 5 heteroatoms. The Morgan fingerprint density at radius 2 is 1.95 bits per heavy atom. The predicted octanol–water partition coefficient (Wildman–Crippen LogP) is 2.44. The van der Waals surface area contributed by atoms with E-state index in [4.69, 9.17) is 0 Å². The molecule has 21 heavy (non-hydrogen) atoms. The molecule has 1 aliphatic carbocycles. The average Bonchev–Trinajstić information content (AvgIpc) is 2.43. The molecule has 1 aromatic rings. The van der Waals surface area contributed by atoms with E-state index < -0.39 is 10.0 Å². The van der Waals surface area contributed by atoms with E-state index in [1.807, 2.05) is 32.0 Å². The van der Waals surface area contributed by atoms with E-state index in [1.54, 1.807) is 0 Å². The van der Waals surface area contributed by atoms with E-state index in [2.05, 4.69) is 17.0 Å². The molecule has 0 spiro atoms. The maximum Gasteiger partial charge on any atom is 0.241 e. The smallest absolute Gasteiger partial charge is 0.241 e. The van der Waals surface area contributed by atoms with Crippen molar-refractivity contribution in [1.82, 2.24) is 10.0 Å². The summed E-state index contributed by atoms with van der Waals surface area (Å²) in [7, 11) is -3.41. The SMILES string of the molecule is CCNCc1ccc(CC)c(S(=O)(=O)NC2CC(C)C2)c1. The van der Waals surface area contributed by atoms with Gasteiger partial charge in [0.25, 0.3) is 0 Å².